The molecule has 9 heteroatoms. The van der Waals surface area contributed by atoms with Crippen LogP contribution >= 0.6 is 0 Å². The van der Waals surface area contributed by atoms with Crippen LogP contribution in [0, 0.1) is 13.8 Å². The smallest absolute Gasteiger partial charge is 0.410 e. The summed E-state index contributed by atoms with van der Waals surface area (Å²) in [4.78, 5) is 27.0. The van der Waals surface area contributed by atoms with Crippen LogP contribution in [0.25, 0.3) is 0 Å². The Morgan fingerprint density at radius 2 is 2.06 bits per heavy atom. The third-order valence-electron chi connectivity index (χ3n) is 4.35. The molecule has 0 atom stereocenters. The Morgan fingerprint density at radius 3 is 2.65 bits per heavy atom. The number of aryl methyl sites for hydroxylation is 2. The number of hydrogen-bond acceptors (Lipinski definition) is 6. The van der Waals surface area contributed by atoms with E-state index in [4.69, 9.17) is 9.15 Å². The molecule has 0 aromatic carbocycles. The zero-order valence-corrected chi connectivity index (χ0v) is 19.4. The van der Waals surface area contributed by atoms with Gasteiger partial charge in [0.1, 0.15) is 11.4 Å². The maximum atomic E-state index is 12.6. The Kier molecular flexibility index (Phi) is 8.84. The number of hydrogen-bond donors (Lipinski definition) is 2. The minimum atomic E-state index is -0.551. The van der Waals surface area contributed by atoms with Gasteiger partial charge in [-0.1, -0.05) is 6.07 Å². The van der Waals surface area contributed by atoms with Gasteiger partial charge in [-0.2, -0.15) is 0 Å². The fourth-order valence-electron chi connectivity index (χ4n) is 2.74. The van der Waals surface area contributed by atoms with E-state index in [1.54, 1.807) is 24.3 Å². The van der Waals surface area contributed by atoms with Crippen molar-refractivity contribution in [3.8, 4) is 0 Å². The van der Waals surface area contributed by atoms with Gasteiger partial charge >= 0.3 is 6.09 Å². The van der Waals surface area contributed by atoms with Crippen molar-refractivity contribution in [2.75, 3.05) is 20.1 Å². The number of amides is 1. The minimum absolute atomic E-state index is 0.339. The number of nitrogens with one attached hydrogen (secondary N) is 2. The van der Waals surface area contributed by atoms with E-state index in [1.165, 1.54) is 0 Å². The molecule has 0 radical (unpaired) electrons. The van der Waals surface area contributed by atoms with Gasteiger partial charge in [0.25, 0.3) is 0 Å². The van der Waals surface area contributed by atoms with Crippen LogP contribution in [0.4, 0.5) is 4.79 Å². The Bertz CT molecular complexity index is 838. The number of guanidine groups is 1. The van der Waals surface area contributed by atoms with Crippen molar-refractivity contribution in [2.24, 2.45) is 4.99 Å². The molecular weight excluding hydrogens is 396 g/mol. The molecule has 170 valence electrons. The summed E-state index contributed by atoms with van der Waals surface area (Å²) in [6.45, 7) is 11.4. The van der Waals surface area contributed by atoms with E-state index in [0.29, 0.717) is 38.0 Å². The number of carbonyl (C=O) groups excluding carboxylic acids is 1. The summed E-state index contributed by atoms with van der Waals surface area (Å²) in [5.74, 6) is 2.07. The molecular formula is C22H34N6O3. The van der Waals surface area contributed by atoms with Crippen molar-refractivity contribution in [3.05, 3.63) is 47.4 Å². The van der Waals surface area contributed by atoms with Crippen LogP contribution in [0.1, 0.15) is 50.1 Å². The zero-order valence-electron chi connectivity index (χ0n) is 19.4. The quantitative estimate of drug-likeness (QED) is 0.376. The lowest BCUT2D eigenvalue weighted by Crippen LogP contribution is -2.40. The highest BCUT2D eigenvalue weighted by molar-refractivity contribution is 5.79. The fourth-order valence-corrected chi connectivity index (χ4v) is 2.74. The van der Waals surface area contributed by atoms with Crippen LogP contribution in [-0.2, 0) is 17.8 Å². The number of aliphatic imine (C=N–C) groups is 1. The Labute approximate surface area is 184 Å². The monoisotopic (exact) mass is 430 g/mol. The number of carbonyl (C=O) groups is 1. The molecule has 0 aliphatic carbocycles. The van der Waals surface area contributed by atoms with Crippen LogP contribution in [0.5, 0.6) is 0 Å². The van der Waals surface area contributed by atoms with Gasteiger partial charge in [0.2, 0.25) is 5.89 Å². The number of pyridine rings is 1. The molecule has 0 saturated carbocycles. The van der Waals surface area contributed by atoms with E-state index < -0.39 is 5.60 Å². The lowest BCUT2D eigenvalue weighted by molar-refractivity contribution is 0.0232. The standard InChI is InChI=1S/C22H34N6O3/c1-16-17(2)30-19(27-16)14-26-20(23-6)25-11-8-12-28(21(29)31-22(3,4)5)15-18-9-7-10-24-13-18/h7,9-10,13H,8,11-12,14-15H2,1-6H3,(H2,23,25,26). The molecule has 2 aromatic rings. The number of oxazole rings is 1. The van der Waals surface area contributed by atoms with Crippen molar-refractivity contribution in [3.63, 3.8) is 0 Å². The van der Waals surface area contributed by atoms with Gasteiger partial charge in [0.15, 0.2) is 5.96 Å². The molecule has 1 amide bonds. The first-order valence-corrected chi connectivity index (χ1v) is 10.4. The second-order valence-electron chi connectivity index (χ2n) is 8.22. The topological polar surface area (TPSA) is 105 Å². The van der Waals surface area contributed by atoms with Crippen molar-refractivity contribution >= 4 is 12.1 Å². The molecule has 2 heterocycles. The highest BCUT2D eigenvalue weighted by atomic mass is 16.6. The van der Waals surface area contributed by atoms with Crippen molar-refractivity contribution < 1.29 is 13.9 Å². The van der Waals surface area contributed by atoms with Crippen LogP contribution in [0.2, 0.25) is 0 Å². The molecule has 0 spiro atoms. The number of ether oxygens (including phenoxy) is 1. The van der Waals surface area contributed by atoms with Crippen LogP contribution in [-0.4, -0.2) is 52.7 Å². The SMILES string of the molecule is CN=C(NCCCN(Cc1cccnc1)C(=O)OC(C)(C)C)NCc1nc(C)c(C)o1. The summed E-state index contributed by atoms with van der Waals surface area (Å²) in [6, 6.07) is 3.80. The normalized spacial score (nSPS) is 11.9. The van der Waals surface area contributed by atoms with Gasteiger partial charge in [-0.3, -0.25) is 9.98 Å². The maximum absolute atomic E-state index is 12.6. The number of aromatic nitrogens is 2. The molecule has 2 N–H and O–H groups in total. The van der Waals surface area contributed by atoms with Crippen LogP contribution < -0.4 is 10.6 Å². The molecule has 2 rings (SSSR count). The average molecular weight is 431 g/mol. The lowest BCUT2D eigenvalue weighted by atomic mass is 10.2. The third kappa shape index (κ3) is 8.65. The highest BCUT2D eigenvalue weighted by Gasteiger charge is 2.22. The predicted molar refractivity (Wildman–Crippen MR) is 120 cm³/mol. The number of rotatable bonds is 8. The van der Waals surface area contributed by atoms with E-state index >= 15 is 0 Å². The zero-order chi connectivity index (χ0) is 22.9. The van der Waals surface area contributed by atoms with Gasteiger partial charge in [-0.15, -0.1) is 0 Å². The summed E-state index contributed by atoms with van der Waals surface area (Å²) >= 11 is 0. The van der Waals surface area contributed by atoms with Gasteiger partial charge in [0.05, 0.1) is 18.8 Å². The van der Waals surface area contributed by atoms with Gasteiger partial charge in [-0.25, -0.2) is 9.78 Å². The third-order valence-corrected chi connectivity index (χ3v) is 4.35. The Hall–Kier alpha value is -3.10. The van der Waals surface area contributed by atoms with Gasteiger partial charge in [0, 0.05) is 32.5 Å². The molecule has 2 aromatic heterocycles. The number of nitrogens with zero attached hydrogens (tertiary/aromatic N) is 4. The van der Waals surface area contributed by atoms with Crippen molar-refractivity contribution in [1.82, 2.24) is 25.5 Å². The second-order valence-corrected chi connectivity index (χ2v) is 8.22. The van der Waals surface area contributed by atoms with E-state index in [-0.39, 0.29) is 6.09 Å². The first-order chi connectivity index (χ1) is 14.7. The van der Waals surface area contributed by atoms with E-state index in [9.17, 15) is 4.79 Å². The summed E-state index contributed by atoms with van der Waals surface area (Å²) in [6.07, 6.45) is 3.85. The van der Waals surface area contributed by atoms with E-state index in [1.807, 2.05) is 46.8 Å². The molecule has 31 heavy (non-hydrogen) atoms. The van der Waals surface area contributed by atoms with Crippen molar-refractivity contribution in [2.45, 2.75) is 59.7 Å². The second kappa shape index (κ2) is 11.3. The summed E-state index contributed by atoms with van der Waals surface area (Å²) in [7, 11) is 1.71. The molecule has 0 fully saturated rings. The highest BCUT2D eigenvalue weighted by Crippen LogP contribution is 2.13. The van der Waals surface area contributed by atoms with E-state index in [0.717, 1.165) is 23.4 Å². The molecule has 0 unspecified atom stereocenters. The van der Waals surface area contributed by atoms with Gasteiger partial charge < -0.3 is 24.7 Å². The van der Waals surface area contributed by atoms with E-state index in [2.05, 4.69) is 25.6 Å². The van der Waals surface area contributed by atoms with Gasteiger partial charge in [-0.05, 0) is 52.7 Å². The molecule has 0 saturated heterocycles. The van der Waals surface area contributed by atoms with Crippen molar-refractivity contribution in [1.29, 1.82) is 0 Å². The first-order valence-electron chi connectivity index (χ1n) is 10.4. The summed E-state index contributed by atoms with van der Waals surface area (Å²) in [5, 5.41) is 6.42. The minimum Gasteiger partial charge on any atom is -0.444 e. The molecule has 0 bridgehead atoms. The van der Waals surface area contributed by atoms with Crippen LogP contribution in [0.3, 0.4) is 0 Å². The molecule has 9 nitrogen and oxygen atoms in total. The Morgan fingerprint density at radius 1 is 1.29 bits per heavy atom. The fraction of sp³-hybridized carbons (Fsp3) is 0.545. The molecule has 0 aliphatic heterocycles. The lowest BCUT2D eigenvalue weighted by Gasteiger charge is -2.27. The largest absolute Gasteiger partial charge is 0.444 e. The van der Waals surface area contributed by atoms with Crippen LogP contribution in [0.15, 0.2) is 33.9 Å². The first kappa shape index (κ1) is 24.2. The molecule has 0 aliphatic rings. The Balaban J connectivity index is 1.84. The predicted octanol–water partition coefficient (Wildman–Crippen LogP) is 3.18. The summed E-state index contributed by atoms with van der Waals surface area (Å²) < 4.78 is 11.1. The summed E-state index contributed by atoms with van der Waals surface area (Å²) in [5.41, 5.74) is 1.29. The maximum Gasteiger partial charge on any atom is 0.410 e. The average Bonchev–Trinajstić information content (AvgIpc) is 3.03.